The van der Waals surface area contributed by atoms with Crippen LogP contribution in [0.3, 0.4) is 0 Å². The van der Waals surface area contributed by atoms with Crippen molar-refractivity contribution in [3.8, 4) is 6.07 Å². The van der Waals surface area contributed by atoms with Crippen molar-refractivity contribution in [2.45, 2.75) is 13.0 Å². The molecule has 2 N–H and O–H groups in total. The summed E-state index contributed by atoms with van der Waals surface area (Å²) in [5.74, 6) is -0.316. The molecule has 2 aromatic rings. The van der Waals surface area contributed by atoms with Crippen molar-refractivity contribution in [2.24, 2.45) is 0 Å². The molecule has 0 heterocycles. The van der Waals surface area contributed by atoms with Crippen LogP contribution < -0.4 is 10.0 Å². The third kappa shape index (κ3) is 4.83. The van der Waals surface area contributed by atoms with E-state index in [4.69, 9.17) is 5.26 Å². The maximum absolute atomic E-state index is 12.3. The Morgan fingerprint density at radius 1 is 1.17 bits per heavy atom. The van der Waals surface area contributed by atoms with Crippen LogP contribution in [0.4, 0.5) is 5.69 Å². The third-order valence-electron chi connectivity index (χ3n) is 3.32. The minimum absolute atomic E-state index is 0.253. The van der Waals surface area contributed by atoms with E-state index in [0.29, 0.717) is 16.8 Å². The number of hydrogen-bond donors (Lipinski definition) is 2. The van der Waals surface area contributed by atoms with Gasteiger partial charge in [-0.2, -0.15) is 5.26 Å². The number of carbonyl (C=O) groups is 1. The van der Waals surface area contributed by atoms with Crippen LogP contribution in [0.1, 0.15) is 34.5 Å². The molecule has 0 radical (unpaired) electrons. The van der Waals surface area contributed by atoms with Crippen molar-refractivity contribution in [2.75, 3.05) is 11.0 Å². The molecule has 6 nitrogen and oxygen atoms in total. The minimum atomic E-state index is -3.40. The Bertz CT molecular complexity index is 884. The highest BCUT2D eigenvalue weighted by atomic mass is 32.2. The van der Waals surface area contributed by atoms with E-state index in [-0.39, 0.29) is 11.9 Å². The second-order valence-corrected chi connectivity index (χ2v) is 7.13. The van der Waals surface area contributed by atoms with Crippen LogP contribution in [0.25, 0.3) is 0 Å². The monoisotopic (exact) mass is 343 g/mol. The van der Waals surface area contributed by atoms with Crippen molar-refractivity contribution in [3.63, 3.8) is 0 Å². The zero-order valence-electron chi connectivity index (χ0n) is 13.3. The van der Waals surface area contributed by atoms with E-state index < -0.39 is 10.0 Å². The first-order chi connectivity index (χ1) is 11.3. The van der Waals surface area contributed by atoms with Crippen molar-refractivity contribution >= 4 is 21.6 Å². The molecule has 2 rings (SSSR count). The van der Waals surface area contributed by atoms with Crippen molar-refractivity contribution in [1.29, 1.82) is 5.26 Å². The number of rotatable bonds is 5. The Balaban J connectivity index is 2.11. The largest absolute Gasteiger partial charge is 0.346 e. The van der Waals surface area contributed by atoms with E-state index in [0.717, 1.165) is 11.8 Å². The van der Waals surface area contributed by atoms with Crippen LogP contribution in [0.5, 0.6) is 0 Å². The number of anilines is 1. The standard InChI is InChI=1S/C17H17N3O3S/c1-12(14-8-6-13(11-18)7-9-14)19-17(21)15-4-3-5-16(10-15)20-24(2,22)23/h3-10,12,20H,1-2H3,(H,19,21). The zero-order valence-corrected chi connectivity index (χ0v) is 14.1. The summed E-state index contributed by atoms with van der Waals surface area (Å²) in [6, 6.07) is 15.0. The van der Waals surface area contributed by atoms with Gasteiger partial charge in [0.15, 0.2) is 0 Å². The van der Waals surface area contributed by atoms with Gasteiger partial charge >= 0.3 is 0 Å². The number of hydrogen-bond acceptors (Lipinski definition) is 4. The predicted molar refractivity (Wildman–Crippen MR) is 91.9 cm³/mol. The van der Waals surface area contributed by atoms with Crippen LogP contribution in [-0.2, 0) is 10.0 Å². The molecule has 1 unspecified atom stereocenters. The first-order valence-electron chi connectivity index (χ1n) is 7.17. The lowest BCUT2D eigenvalue weighted by Gasteiger charge is -2.15. The number of nitrogens with zero attached hydrogens (tertiary/aromatic N) is 1. The summed E-state index contributed by atoms with van der Waals surface area (Å²) in [6.45, 7) is 1.83. The summed E-state index contributed by atoms with van der Waals surface area (Å²) in [7, 11) is -3.40. The van der Waals surface area contributed by atoms with Gasteiger partial charge in [-0.15, -0.1) is 0 Å². The van der Waals surface area contributed by atoms with E-state index in [1.165, 1.54) is 6.07 Å². The summed E-state index contributed by atoms with van der Waals surface area (Å²) in [5, 5.41) is 11.6. The summed E-state index contributed by atoms with van der Waals surface area (Å²) in [5.41, 5.74) is 2.10. The summed E-state index contributed by atoms with van der Waals surface area (Å²) in [6.07, 6.45) is 1.05. The maximum Gasteiger partial charge on any atom is 0.251 e. The van der Waals surface area contributed by atoms with E-state index in [2.05, 4.69) is 10.0 Å². The number of carbonyl (C=O) groups excluding carboxylic acids is 1. The number of nitrogens with one attached hydrogen (secondary N) is 2. The molecular formula is C17H17N3O3S. The molecule has 0 fully saturated rings. The number of sulfonamides is 1. The fourth-order valence-electron chi connectivity index (χ4n) is 2.15. The van der Waals surface area contributed by atoms with Crippen molar-refractivity contribution in [1.82, 2.24) is 5.32 Å². The highest BCUT2D eigenvalue weighted by Crippen LogP contribution is 2.16. The minimum Gasteiger partial charge on any atom is -0.346 e. The Labute approximate surface area is 141 Å². The van der Waals surface area contributed by atoms with Crippen LogP contribution in [-0.4, -0.2) is 20.6 Å². The topological polar surface area (TPSA) is 99.1 Å². The first kappa shape index (κ1) is 17.5. The lowest BCUT2D eigenvalue weighted by molar-refractivity contribution is 0.0940. The van der Waals surface area contributed by atoms with E-state index in [1.54, 1.807) is 42.5 Å². The van der Waals surface area contributed by atoms with E-state index in [9.17, 15) is 13.2 Å². The van der Waals surface area contributed by atoms with Crippen molar-refractivity contribution < 1.29 is 13.2 Å². The summed E-state index contributed by atoms with van der Waals surface area (Å²) < 4.78 is 24.9. The molecule has 24 heavy (non-hydrogen) atoms. The van der Waals surface area contributed by atoms with Crippen LogP contribution in [0.15, 0.2) is 48.5 Å². The Morgan fingerprint density at radius 3 is 2.42 bits per heavy atom. The maximum atomic E-state index is 12.3. The molecule has 0 aliphatic rings. The lowest BCUT2D eigenvalue weighted by Crippen LogP contribution is -2.26. The van der Waals surface area contributed by atoms with Gasteiger partial charge in [0.1, 0.15) is 0 Å². The second-order valence-electron chi connectivity index (χ2n) is 5.38. The molecule has 0 saturated heterocycles. The molecule has 0 aliphatic heterocycles. The fraction of sp³-hybridized carbons (Fsp3) is 0.176. The molecule has 0 aromatic heterocycles. The van der Waals surface area contributed by atoms with Gasteiger partial charge in [0, 0.05) is 11.3 Å². The molecule has 0 spiro atoms. The Kier molecular flexibility index (Phi) is 5.21. The van der Waals surface area contributed by atoms with Gasteiger partial charge in [-0.1, -0.05) is 18.2 Å². The van der Waals surface area contributed by atoms with Gasteiger partial charge in [0.25, 0.3) is 5.91 Å². The molecule has 1 atom stereocenters. The molecule has 0 bridgehead atoms. The highest BCUT2D eigenvalue weighted by molar-refractivity contribution is 7.92. The van der Waals surface area contributed by atoms with Crippen LogP contribution in [0.2, 0.25) is 0 Å². The predicted octanol–water partition coefficient (Wildman–Crippen LogP) is 2.42. The zero-order chi connectivity index (χ0) is 17.7. The molecule has 0 saturated carbocycles. The molecule has 1 amide bonds. The Morgan fingerprint density at radius 2 is 1.83 bits per heavy atom. The highest BCUT2D eigenvalue weighted by Gasteiger charge is 2.12. The van der Waals surface area contributed by atoms with Gasteiger partial charge in [-0.3, -0.25) is 9.52 Å². The molecule has 7 heteroatoms. The molecule has 124 valence electrons. The van der Waals surface area contributed by atoms with Gasteiger partial charge in [-0.05, 0) is 42.8 Å². The second kappa shape index (κ2) is 7.15. The fourth-order valence-corrected chi connectivity index (χ4v) is 2.70. The third-order valence-corrected chi connectivity index (χ3v) is 3.92. The SMILES string of the molecule is CC(NC(=O)c1cccc(NS(C)(=O)=O)c1)c1ccc(C#N)cc1. The van der Waals surface area contributed by atoms with Gasteiger partial charge in [0.2, 0.25) is 10.0 Å². The van der Waals surface area contributed by atoms with E-state index >= 15 is 0 Å². The molecular weight excluding hydrogens is 326 g/mol. The average molecular weight is 343 g/mol. The first-order valence-corrected chi connectivity index (χ1v) is 9.06. The number of benzene rings is 2. The number of nitriles is 1. The van der Waals surface area contributed by atoms with Crippen LogP contribution in [0, 0.1) is 11.3 Å². The van der Waals surface area contributed by atoms with Gasteiger partial charge < -0.3 is 5.32 Å². The van der Waals surface area contributed by atoms with E-state index in [1.807, 2.05) is 13.0 Å². The average Bonchev–Trinajstić information content (AvgIpc) is 2.53. The summed E-state index contributed by atoms with van der Waals surface area (Å²) in [4.78, 5) is 12.3. The Hall–Kier alpha value is -2.85. The number of amides is 1. The molecule has 0 aliphatic carbocycles. The normalized spacial score (nSPS) is 12.0. The van der Waals surface area contributed by atoms with Crippen molar-refractivity contribution in [3.05, 3.63) is 65.2 Å². The quantitative estimate of drug-likeness (QED) is 0.871. The summed E-state index contributed by atoms with van der Waals surface area (Å²) >= 11 is 0. The van der Waals surface area contributed by atoms with Crippen LogP contribution >= 0.6 is 0 Å². The lowest BCUT2D eigenvalue weighted by atomic mass is 10.1. The molecule has 2 aromatic carbocycles. The van der Waals surface area contributed by atoms with Gasteiger partial charge in [-0.25, -0.2) is 8.42 Å². The smallest absolute Gasteiger partial charge is 0.251 e. The van der Waals surface area contributed by atoms with Gasteiger partial charge in [0.05, 0.1) is 23.9 Å².